The van der Waals surface area contributed by atoms with Gasteiger partial charge in [0.1, 0.15) is 5.69 Å². The minimum atomic E-state index is -3.69. The number of nitriles is 1. The third kappa shape index (κ3) is 5.56. The molecule has 2 N–H and O–H groups in total. The number of hydrogen-bond acceptors (Lipinski definition) is 8. The first-order valence-corrected chi connectivity index (χ1v) is 12.3. The van der Waals surface area contributed by atoms with Gasteiger partial charge in [-0.1, -0.05) is 0 Å². The summed E-state index contributed by atoms with van der Waals surface area (Å²) in [4.78, 5) is 19.3. The fraction of sp³-hybridized carbons (Fsp3) is 0.450. The molecule has 3 rings (SSSR count). The van der Waals surface area contributed by atoms with Crippen molar-refractivity contribution < 1.29 is 18.3 Å². The third-order valence-corrected chi connectivity index (χ3v) is 6.64. The van der Waals surface area contributed by atoms with Crippen LogP contribution >= 0.6 is 11.3 Å². The lowest BCUT2D eigenvalue weighted by Crippen LogP contribution is -2.30. The zero-order chi connectivity index (χ0) is 21.9. The highest BCUT2D eigenvalue weighted by molar-refractivity contribution is 7.89. The quantitative estimate of drug-likeness (QED) is 0.667. The molecule has 1 aliphatic carbocycles. The monoisotopic (exact) mass is 448 g/mol. The number of thiazole rings is 1. The van der Waals surface area contributed by atoms with Crippen LogP contribution in [0.3, 0.4) is 0 Å². The Bertz CT molecular complexity index is 1060. The standard InChI is InChI=1S/C20H24N4O4S2/c1-13-18(19(26)23-30(2,27)28)22-20(29-13)24(10-9-14-5-8-17(25)11-14)16-6-3-15(12-21)4-7-16/h3-4,6-7,14,17,25H,5,8-11H2,1-2H3,(H,23,26)/t14-,17+/m1/s1. The van der Waals surface area contributed by atoms with Gasteiger partial charge in [0.15, 0.2) is 5.13 Å². The molecule has 1 aliphatic rings. The second-order valence-electron chi connectivity index (χ2n) is 7.54. The highest BCUT2D eigenvalue weighted by Gasteiger charge is 2.26. The van der Waals surface area contributed by atoms with Crippen molar-refractivity contribution in [3.05, 3.63) is 40.4 Å². The lowest BCUT2D eigenvalue weighted by molar-refractivity contribution is 0.0977. The molecule has 0 unspecified atom stereocenters. The summed E-state index contributed by atoms with van der Waals surface area (Å²) >= 11 is 1.31. The number of nitrogens with zero attached hydrogens (tertiary/aromatic N) is 3. The molecular weight excluding hydrogens is 424 g/mol. The van der Waals surface area contributed by atoms with Gasteiger partial charge in [0, 0.05) is 17.1 Å². The number of hydrogen-bond donors (Lipinski definition) is 2. The number of nitrogens with one attached hydrogen (secondary N) is 1. The van der Waals surface area contributed by atoms with Crippen molar-refractivity contribution in [1.82, 2.24) is 9.71 Å². The Morgan fingerprint density at radius 3 is 2.63 bits per heavy atom. The summed E-state index contributed by atoms with van der Waals surface area (Å²) in [6.07, 6.45) is 4.09. The average molecular weight is 449 g/mol. The second-order valence-corrected chi connectivity index (χ2v) is 10.5. The number of sulfonamides is 1. The van der Waals surface area contributed by atoms with E-state index < -0.39 is 15.9 Å². The van der Waals surface area contributed by atoms with Crippen LogP contribution in [0.5, 0.6) is 0 Å². The Kier molecular flexibility index (Phi) is 6.75. The number of aromatic nitrogens is 1. The van der Waals surface area contributed by atoms with E-state index in [1.165, 1.54) is 11.3 Å². The Hall–Kier alpha value is -2.48. The molecule has 0 bridgehead atoms. The van der Waals surface area contributed by atoms with Gasteiger partial charge in [-0.3, -0.25) is 4.79 Å². The molecule has 10 heteroatoms. The van der Waals surface area contributed by atoms with Crippen molar-refractivity contribution >= 4 is 38.1 Å². The smallest absolute Gasteiger partial charge is 0.284 e. The van der Waals surface area contributed by atoms with Crippen LogP contribution in [0.1, 0.15) is 46.6 Å². The molecule has 2 aromatic rings. The third-order valence-electron chi connectivity index (χ3n) is 5.09. The first-order chi connectivity index (χ1) is 14.2. The number of rotatable bonds is 7. The zero-order valence-electron chi connectivity index (χ0n) is 16.8. The van der Waals surface area contributed by atoms with E-state index in [1.54, 1.807) is 19.1 Å². The molecular formula is C20H24N4O4S2. The average Bonchev–Trinajstić information content (AvgIpc) is 3.26. The van der Waals surface area contributed by atoms with Gasteiger partial charge in [0.25, 0.3) is 5.91 Å². The molecule has 1 saturated carbocycles. The molecule has 0 saturated heterocycles. The molecule has 1 heterocycles. The van der Waals surface area contributed by atoms with Crippen molar-refractivity contribution in [3.63, 3.8) is 0 Å². The number of carbonyl (C=O) groups is 1. The van der Waals surface area contributed by atoms with Crippen molar-refractivity contribution in [2.45, 2.75) is 38.7 Å². The predicted molar refractivity (Wildman–Crippen MR) is 115 cm³/mol. The molecule has 30 heavy (non-hydrogen) atoms. The van der Waals surface area contributed by atoms with Crippen molar-refractivity contribution in [2.24, 2.45) is 5.92 Å². The van der Waals surface area contributed by atoms with E-state index in [1.807, 2.05) is 21.8 Å². The van der Waals surface area contributed by atoms with Gasteiger partial charge in [-0.25, -0.2) is 18.1 Å². The van der Waals surface area contributed by atoms with Crippen LogP contribution in [0.2, 0.25) is 0 Å². The van der Waals surface area contributed by atoms with Gasteiger partial charge in [0.05, 0.1) is 24.0 Å². The van der Waals surface area contributed by atoms with Crippen LogP contribution in [0.4, 0.5) is 10.8 Å². The number of amides is 1. The first-order valence-electron chi connectivity index (χ1n) is 9.61. The van der Waals surface area contributed by atoms with E-state index in [9.17, 15) is 18.3 Å². The SMILES string of the molecule is Cc1sc(N(CC[C@H]2CC[C@H](O)C2)c2ccc(C#N)cc2)nc1C(=O)NS(C)(=O)=O. The molecule has 160 valence electrons. The first kappa shape index (κ1) is 22.2. The number of aliphatic hydroxyl groups excluding tert-OH is 1. The normalized spacial score (nSPS) is 18.7. The molecule has 1 fully saturated rings. The van der Waals surface area contributed by atoms with Crippen LogP contribution in [0, 0.1) is 24.2 Å². The Morgan fingerprint density at radius 1 is 1.37 bits per heavy atom. The van der Waals surface area contributed by atoms with Gasteiger partial charge in [0.2, 0.25) is 10.0 Å². The molecule has 0 radical (unpaired) electrons. The second kappa shape index (κ2) is 9.12. The van der Waals surface area contributed by atoms with Gasteiger partial charge in [-0.05, 0) is 62.8 Å². The largest absolute Gasteiger partial charge is 0.393 e. The molecule has 0 aliphatic heterocycles. The summed E-state index contributed by atoms with van der Waals surface area (Å²) in [6.45, 7) is 2.35. The molecule has 1 aromatic carbocycles. The predicted octanol–water partition coefficient (Wildman–Crippen LogP) is 2.70. The fourth-order valence-corrected chi connectivity index (χ4v) is 4.98. The summed E-state index contributed by atoms with van der Waals surface area (Å²) in [5, 5.41) is 19.4. The number of anilines is 2. The van der Waals surface area contributed by atoms with E-state index >= 15 is 0 Å². The number of aryl methyl sites for hydroxylation is 1. The van der Waals surface area contributed by atoms with E-state index in [-0.39, 0.29) is 11.8 Å². The van der Waals surface area contributed by atoms with Crippen LogP contribution < -0.4 is 9.62 Å². The van der Waals surface area contributed by atoms with Crippen LogP contribution in [-0.2, 0) is 10.0 Å². The maximum absolute atomic E-state index is 12.3. The molecule has 1 amide bonds. The van der Waals surface area contributed by atoms with E-state index in [4.69, 9.17) is 5.26 Å². The van der Waals surface area contributed by atoms with E-state index in [0.29, 0.717) is 28.0 Å². The van der Waals surface area contributed by atoms with Crippen molar-refractivity contribution in [1.29, 1.82) is 5.26 Å². The van der Waals surface area contributed by atoms with Crippen molar-refractivity contribution in [2.75, 3.05) is 17.7 Å². The lowest BCUT2D eigenvalue weighted by atomic mass is 10.0. The highest BCUT2D eigenvalue weighted by Crippen LogP contribution is 2.34. The lowest BCUT2D eigenvalue weighted by Gasteiger charge is -2.23. The molecule has 1 aromatic heterocycles. The number of carbonyl (C=O) groups excluding carboxylic acids is 1. The van der Waals surface area contributed by atoms with Gasteiger partial charge in [-0.2, -0.15) is 5.26 Å². The molecule has 8 nitrogen and oxygen atoms in total. The van der Waals surface area contributed by atoms with Crippen LogP contribution in [0.15, 0.2) is 24.3 Å². The van der Waals surface area contributed by atoms with E-state index in [2.05, 4.69) is 11.1 Å². The van der Waals surface area contributed by atoms with Gasteiger partial charge in [-0.15, -0.1) is 11.3 Å². The van der Waals surface area contributed by atoms with Crippen LogP contribution in [-0.4, -0.2) is 43.3 Å². The Morgan fingerprint density at radius 2 is 2.07 bits per heavy atom. The zero-order valence-corrected chi connectivity index (χ0v) is 18.5. The topological polar surface area (TPSA) is 123 Å². The Balaban J connectivity index is 1.88. The summed E-state index contributed by atoms with van der Waals surface area (Å²) in [6, 6.07) is 9.20. The van der Waals surface area contributed by atoms with Gasteiger partial charge < -0.3 is 10.0 Å². The van der Waals surface area contributed by atoms with Gasteiger partial charge >= 0.3 is 0 Å². The summed E-state index contributed by atoms with van der Waals surface area (Å²) in [5.41, 5.74) is 1.45. The number of aliphatic hydroxyl groups is 1. The maximum atomic E-state index is 12.3. The number of benzene rings is 1. The summed E-state index contributed by atoms with van der Waals surface area (Å²) in [7, 11) is -3.69. The van der Waals surface area contributed by atoms with E-state index in [0.717, 1.165) is 37.6 Å². The summed E-state index contributed by atoms with van der Waals surface area (Å²) < 4.78 is 24.8. The fourth-order valence-electron chi connectivity index (χ4n) is 3.60. The highest BCUT2D eigenvalue weighted by atomic mass is 32.2. The van der Waals surface area contributed by atoms with Crippen molar-refractivity contribution in [3.8, 4) is 6.07 Å². The minimum Gasteiger partial charge on any atom is -0.393 e. The summed E-state index contributed by atoms with van der Waals surface area (Å²) in [5.74, 6) is -0.342. The van der Waals surface area contributed by atoms with Crippen LogP contribution in [0.25, 0.3) is 0 Å². The minimum absolute atomic E-state index is 0.0790. The Labute approximate surface area is 180 Å². The maximum Gasteiger partial charge on any atom is 0.284 e. The molecule has 0 spiro atoms. The molecule has 2 atom stereocenters.